The number of hydrogen-bond donors (Lipinski definition) is 1. The molecular formula is C32H31Cl2N3O5S. The van der Waals surface area contributed by atoms with Gasteiger partial charge in [0.2, 0.25) is 11.8 Å². The molecule has 1 atom stereocenters. The lowest BCUT2D eigenvalue weighted by Gasteiger charge is -2.33. The number of anilines is 1. The first-order chi connectivity index (χ1) is 20.6. The third-order valence-electron chi connectivity index (χ3n) is 6.84. The monoisotopic (exact) mass is 639 g/mol. The van der Waals surface area contributed by atoms with Crippen molar-refractivity contribution in [2.45, 2.75) is 23.9 Å². The minimum Gasteiger partial charge on any atom is -0.497 e. The van der Waals surface area contributed by atoms with Crippen LogP contribution in [0.1, 0.15) is 11.1 Å². The largest absolute Gasteiger partial charge is 0.497 e. The molecule has 0 fully saturated rings. The highest BCUT2D eigenvalue weighted by molar-refractivity contribution is 7.92. The lowest BCUT2D eigenvalue weighted by atomic mass is 10.0. The zero-order valence-corrected chi connectivity index (χ0v) is 25.9. The molecule has 4 aromatic carbocycles. The molecule has 224 valence electrons. The number of benzene rings is 4. The van der Waals surface area contributed by atoms with Crippen LogP contribution in [0.25, 0.3) is 0 Å². The molecule has 0 aromatic heterocycles. The first kappa shape index (κ1) is 31.9. The minimum absolute atomic E-state index is 0.0121. The summed E-state index contributed by atoms with van der Waals surface area (Å²) in [6, 6.07) is 27.3. The van der Waals surface area contributed by atoms with Gasteiger partial charge in [0.05, 0.1) is 17.7 Å². The number of nitrogens with zero attached hydrogens (tertiary/aromatic N) is 2. The highest BCUT2D eigenvalue weighted by Crippen LogP contribution is 2.28. The molecule has 0 aliphatic rings. The van der Waals surface area contributed by atoms with Crippen molar-refractivity contribution < 1.29 is 22.7 Å². The summed E-state index contributed by atoms with van der Waals surface area (Å²) >= 11 is 12.6. The molecule has 4 rings (SSSR count). The number of likely N-dealkylation sites (N-methyl/N-ethyl adjacent to an activating group) is 1. The molecule has 0 aliphatic heterocycles. The summed E-state index contributed by atoms with van der Waals surface area (Å²) in [6.45, 7) is -0.654. The van der Waals surface area contributed by atoms with Crippen LogP contribution < -0.4 is 14.4 Å². The Labute approximate surface area is 261 Å². The lowest BCUT2D eigenvalue weighted by Crippen LogP contribution is -2.53. The van der Waals surface area contributed by atoms with Crippen LogP contribution in [0, 0.1) is 0 Å². The van der Waals surface area contributed by atoms with Crippen LogP contribution in [0.2, 0.25) is 10.0 Å². The van der Waals surface area contributed by atoms with E-state index in [-0.39, 0.29) is 23.5 Å². The zero-order valence-electron chi connectivity index (χ0n) is 23.6. The number of rotatable bonds is 12. The van der Waals surface area contributed by atoms with Gasteiger partial charge in [-0.25, -0.2) is 8.42 Å². The summed E-state index contributed by atoms with van der Waals surface area (Å²) in [7, 11) is -1.21. The van der Waals surface area contributed by atoms with E-state index in [1.165, 1.54) is 31.2 Å². The van der Waals surface area contributed by atoms with E-state index in [1.54, 1.807) is 60.7 Å². The highest BCUT2D eigenvalue weighted by Gasteiger charge is 2.34. The molecule has 0 saturated carbocycles. The van der Waals surface area contributed by atoms with E-state index in [2.05, 4.69) is 5.32 Å². The van der Waals surface area contributed by atoms with Gasteiger partial charge in [-0.05, 0) is 59.7 Å². The SMILES string of the molecule is CNC(=O)[C@H](Cc1ccccc1)N(Cc1ccc(Cl)cc1Cl)C(=O)CN(c1ccc(OC)cc1)S(=O)(=O)c1ccccc1. The van der Waals surface area contributed by atoms with Crippen molar-refractivity contribution in [2.24, 2.45) is 0 Å². The summed E-state index contributed by atoms with van der Waals surface area (Å²) in [5.41, 5.74) is 1.62. The third kappa shape index (κ3) is 7.87. The second-order valence-electron chi connectivity index (χ2n) is 9.60. The Balaban J connectivity index is 1.80. The molecular weight excluding hydrogens is 609 g/mol. The summed E-state index contributed by atoms with van der Waals surface area (Å²) in [5, 5.41) is 3.38. The normalized spacial score (nSPS) is 11.8. The van der Waals surface area contributed by atoms with E-state index >= 15 is 0 Å². The quantitative estimate of drug-likeness (QED) is 0.218. The van der Waals surface area contributed by atoms with Gasteiger partial charge in [-0.2, -0.15) is 0 Å². The first-order valence-corrected chi connectivity index (χ1v) is 15.5. The fourth-order valence-electron chi connectivity index (χ4n) is 4.55. The van der Waals surface area contributed by atoms with Crippen LogP contribution in [0.5, 0.6) is 5.75 Å². The third-order valence-corrected chi connectivity index (χ3v) is 9.22. The van der Waals surface area contributed by atoms with Gasteiger partial charge in [0.15, 0.2) is 0 Å². The Hall–Kier alpha value is -4.05. The van der Waals surface area contributed by atoms with Gasteiger partial charge in [-0.1, -0.05) is 77.8 Å². The van der Waals surface area contributed by atoms with Crippen molar-refractivity contribution in [3.8, 4) is 5.75 Å². The van der Waals surface area contributed by atoms with Crippen LogP contribution in [0.15, 0.2) is 108 Å². The highest BCUT2D eigenvalue weighted by atomic mass is 35.5. The Morgan fingerprint density at radius 3 is 2.09 bits per heavy atom. The average molecular weight is 641 g/mol. The zero-order chi connectivity index (χ0) is 31.0. The fraction of sp³-hybridized carbons (Fsp3) is 0.188. The number of nitrogens with one attached hydrogen (secondary N) is 1. The summed E-state index contributed by atoms with van der Waals surface area (Å²) in [5.74, 6) is -0.497. The van der Waals surface area contributed by atoms with Crippen molar-refractivity contribution >= 4 is 50.7 Å². The topological polar surface area (TPSA) is 96.0 Å². The lowest BCUT2D eigenvalue weighted by molar-refractivity contribution is -0.139. The van der Waals surface area contributed by atoms with E-state index in [1.807, 2.05) is 30.3 Å². The number of carbonyl (C=O) groups excluding carboxylic acids is 2. The van der Waals surface area contributed by atoms with Crippen LogP contribution in [0.4, 0.5) is 5.69 Å². The summed E-state index contributed by atoms with van der Waals surface area (Å²) in [6.07, 6.45) is 0.186. The predicted octanol–water partition coefficient (Wildman–Crippen LogP) is 5.58. The molecule has 1 N–H and O–H groups in total. The van der Waals surface area contributed by atoms with E-state index in [0.717, 1.165) is 9.87 Å². The number of halogens is 2. The molecule has 0 heterocycles. The maximum Gasteiger partial charge on any atom is 0.264 e. The van der Waals surface area contributed by atoms with Gasteiger partial charge in [-0.15, -0.1) is 0 Å². The molecule has 0 unspecified atom stereocenters. The Bertz CT molecular complexity index is 1650. The first-order valence-electron chi connectivity index (χ1n) is 13.3. The number of methoxy groups -OCH3 is 1. The van der Waals surface area contributed by atoms with E-state index < -0.39 is 34.4 Å². The molecule has 2 amide bonds. The van der Waals surface area contributed by atoms with Crippen molar-refractivity contribution in [2.75, 3.05) is 25.0 Å². The number of amides is 2. The molecule has 43 heavy (non-hydrogen) atoms. The number of hydrogen-bond acceptors (Lipinski definition) is 5. The molecule has 0 saturated heterocycles. The van der Waals surface area contributed by atoms with Crippen LogP contribution in [0.3, 0.4) is 0 Å². The van der Waals surface area contributed by atoms with Gasteiger partial charge < -0.3 is 15.0 Å². The second-order valence-corrected chi connectivity index (χ2v) is 12.3. The molecule has 0 spiro atoms. The van der Waals surface area contributed by atoms with Crippen LogP contribution in [-0.4, -0.2) is 51.9 Å². The van der Waals surface area contributed by atoms with Gasteiger partial charge in [-0.3, -0.25) is 13.9 Å². The number of carbonyl (C=O) groups is 2. The van der Waals surface area contributed by atoms with E-state index in [0.29, 0.717) is 21.4 Å². The standard InChI is InChI=1S/C32H31Cl2N3O5S/c1-35-32(39)30(19-23-9-5-3-6-10-23)36(21-24-13-14-25(33)20-29(24)34)31(38)22-37(26-15-17-27(42-2)18-16-26)43(40,41)28-11-7-4-8-12-28/h3-18,20,30H,19,21-22H2,1-2H3,(H,35,39)/t30-/m0/s1. The minimum atomic E-state index is -4.20. The Kier molecular flexibility index (Phi) is 10.7. The molecule has 0 radical (unpaired) electrons. The van der Waals surface area contributed by atoms with Gasteiger partial charge in [0.25, 0.3) is 10.0 Å². The predicted molar refractivity (Wildman–Crippen MR) is 169 cm³/mol. The fourth-order valence-corrected chi connectivity index (χ4v) is 6.45. The number of sulfonamides is 1. The molecule has 4 aromatic rings. The van der Waals surface area contributed by atoms with Crippen LogP contribution in [-0.2, 0) is 32.6 Å². The molecule has 11 heteroatoms. The number of ether oxygens (including phenoxy) is 1. The average Bonchev–Trinajstić information content (AvgIpc) is 3.03. The molecule has 0 bridgehead atoms. The van der Waals surface area contributed by atoms with Crippen molar-refractivity contribution in [1.82, 2.24) is 10.2 Å². The maximum atomic E-state index is 14.3. The molecule has 0 aliphatic carbocycles. The van der Waals surface area contributed by atoms with Crippen molar-refractivity contribution in [3.63, 3.8) is 0 Å². The van der Waals surface area contributed by atoms with Crippen molar-refractivity contribution in [1.29, 1.82) is 0 Å². The van der Waals surface area contributed by atoms with E-state index in [4.69, 9.17) is 27.9 Å². The Morgan fingerprint density at radius 1 is 0.884 bits per heavy atom. The van der Waals surface area contributed by atoms with Crippen LogP contribution >= 0.6 is 23.2 Å². The van der Waals surface area contributed by atoms with Crippen molar-refractivity contribution in [3.05, 3.63) is 124 Å². The summed E-state index contributed by atoms with van der Waals surface area (Å²) in [4.78, 5) is 29.0. The van der Waals surface area contributed by atoms with Gasteiger partial charge in [0.1, 0.15) is 18.3 Å². The van der Waals surface area contributed by atoms with Gasteiger partial charge in [0, 0.05) is 30.1 Å². The second kappa shape index (κ2) is 14.4. The smallest absolute Gasteiger partial charge is 0.264 e. The maximum absolute atomic E-state index is 14.3. The summed E-state index contributed by atoms with van der Waals surface area (Å²) < 4.78 is 34.2. The van der Waals surface area contributed by atoms with Gasteiger partial charge >= 0.3 is 0 Å². The Morgan fingerprint density at radius 2 is 1.51 bits per heavy atom. The van der Waals surface area contributed by atoms with E-state index in [9.17, 15) is 18.0 Å². The molecule has 8 nitrogen and oxygen atoms in total.